The van der Waals surface area contributed by atoms with E-state index in [1.807, 2.05) is 18.3 Å². The van der Waals surface area contributed by atoms with Crippen molar-refractivity contribution < 1.29 is 0 Å². The second kappa shape index (κ2) is 4.18. The summed E-state index contributed by atoms with van der Waals surface area (Å²) in [4.78, 5) is 4.39. The SMILES string of the molecule is CCC(C)Nc1nc2c(Br)cccn2n1. The number of hydrogen-bond donors (Lipinski definition) is 1. The summed E-state index contributed by atoms with van der Waals surface area (Å²) >= 11 is 3.44. The van der Waals surface area contributed by atoms with Crippen molar-refractivity contribution in [2.45, 2.75) is 26.3 Å². The molecular weight excluding hydrogens is 256 g/mol. The Morgan fingerprint density at radius 2 is 2.40 bits per heavy atom. The first-order valence-electron chi connectivity index (χ1n) is 4.98. The van der Waals surface area contributed by atoms with Crippen LogP contribution in [0.4, 0.5) is 5.95 Å². The Morgan fingerprint density at radius 1 is 1.60 bits per heavy atom. The standard InChI is InChI=1S/C10H13BrN4/c1-3-7(2)12-10-13-9-8(11)5-4-6-15(9)14-10/h4-7H,3H2,1-2H3,(H,12,14). The van der Waals surface area contributed by atoms with Crippen molar-refractivity contribution >= 4 is 27.5 Å². The number of rotatable bonds is 3. The molecule has 0 radical (unpaired) electrons. The molecule has 4 nitrogen and oxygen atoms in total. The molecular formula is C10H13BrN4. The molecule has 2 aromatic heterocycles. The van der Waals surface area contributed by atoms with Gasteiger partial charge in [0.1, 0.15) is 0 Å². The average Bonchev–Trinajstić information content (AvgIpc) is 2.62. The predicted molar refractivity (Wildman–Crippen MR) is 64.1 cm³/mol. The van der Waals surface area contributed by atoms with Gasteiger partial charge in [-0.2, -0.15) is 4.98 Å². The fourth-order valence-electron chi connectivity index (χ4n) is 1.26. The van der Waals surface area contributed by atoms with Crippen molar-refractivity contribution in [3.8, 4) is 0 Å². The predicted octanol–water partition coefficient (Wildman–Crippen LogP) is 2.70. The van der Waals surface area contributed by atoms with Crippen molar-refractivity contribution in [2.24, 2.45) is 0 Å². The molecule has 0 bridgehead atoms. The highest BCUT2D eigenvalue weighted by Crippen LogP contribution is 2.17. The molecule has 2 aromatic rings. The summed E-state index contributed by atoms with van der Waals surface area (Å²) in [6, 6.07) is 4.27. The van der Waals surface area contributed by atoms with Gasteiger partial charge in [-0.15, -0.1) is 5.10 Å². The fourth-order valence-corrected chi connectivity index (χ4v) is 1.68. The van der Waals surface area contributed by atoms with Gasteiger partial charge in [0, 0.05) is 12.2 Å². The van der Waals surface area contributed by atoms with Gasteiger partial charge >= 0.3 is 0 Å². The number of anilines is 1. The highest BCUT2D eigenvalue weighted by atomic mass is 79.9. The lowest BCUT2D eigenvalue weighted by Gasteiger charge is -2.07. The number of pyridine rings is 1. The van der Waals surface area contributed by atoms with E-state index in [0.29, 0.717) is 12.0 Å². The van der Waals surface area contributed by atoms with E-state index < -0.39 is 0 Å². The molecule has 1 N–H and O–H groups in total. The first-order chi connectivity index (χ1) is 7.20. The number of aromatic nitrogens is 3. The summed E-state index contributed by atoms with van der Waals surface area (Å²) in [7, 11) is 0. The van der Waals surface area contributed by atoms with Crippen LogP contribution in [-0.2, 0) is 0 Å². The Labute approximate surface area is 96.8 Å². The zero-order valence-corrected chi connectivity index (χ0v) is 10.3. The van der Waals surface area contributed by atoms with Crippen LogP contribution in [-0.4, -0.2) is 20.6 Å². The van der Waals surface area contributed by atoms with E-state index in [9.17, 15) is 0 Å². The molecule has 0 aliphatic heterocycles. The molecule has 0 aromatic carbocycles. The van der Waals surface area contributed by atoms with Crippen molar-refractivity contribution in [2.75, 3.05) is 5.32 Å². The van der Waals surface area contributed by atoms with E-state index in [1.54, 1.807) is 4.52 Å². The van der Waals surface area contributed by atoms with Crippen LogP contribution in [0.5, 0.6) is 0 Å². The molecule has 2 heterocycles. The van der Waals surface area contributed by atoms with E-state index in [4.69, 9.17) is 0 Å². The third-order valence-electron chi connectivity index (χ3n) is 2.30. The van der Waals surface area contributed by atoms with Gasteiger partial charge in [0.2, 0.25) is 5.95 Å². The van der Waals surface area contributed by atoms with Gasteiger partial charge in [-0.25, -0.2) is 4.52 Å². The number of fused-ring (bicyclic) bond motifs is 1. The Hall–Kier alpha value is -1.10. The molecule has 5 heteroatoms. The van der Waals surface area contributed by atoms with Crippen molar-refractivity contribution in [3.05, 3.63) is 22.8 Å². The number of nitrogens with zero attached hydrogens (tertiary/aromatic N) is 3. The Kier molecular flexibility index (Phi) is 2.90. The molecule has 1 unspecified atom stereocenters. The molecule has 0 aliphatic carbocycles. The first-order valence-corrected chi connectivity index (χ1v) is 5.77. The largest absolute Gasteiger partial charge is 0.350 e. The molecule has 0 amide bonds. The van der Waals surface area contributed by atoms with Crippen LogP contribution >= 0.6 is 15.9 Å². The van der Waals surface area contributed by atoms with Gasteiger partial charge in [-0.05, 0) is 41.4 Å². The van der Waals surface area contributed by atoms with Crippen LogP contribution in [0.2, 0.25) is 0 Å². The summed E-state index contributed by atoms with van der Waals surface area (Å²) < 4.78 is 2.71. The van der Waals surface area contributed by atoms with Gasteiger partial charge in [0.05, 0.1) is 4.47 Å². The fraction of sp³-hybridized carbons (Fsp3) is 0.400. The minimum atomic E-state index is 0.390. The van der Waals surface area contributed by atoms with E-state index in [1.165, 1.54) is 0 Å². The molecule has 2 rings (SSSR count). The highest BCUT2D eigenvalue weighted by Gasteiger charge is 2.07. The molecule has 80 valence electrons. The van der Waals surface area contributed by atoms with Crippen LogP contribution in [0.1, 0.15) is 20.3 Å². The van der Waals surface area contributed by atoms with E-state index in [2.05, 4.69) is 45.2 Å². The molecule has 0 aliphatic rings. The monoisotopic (exact) mass is 268 g/mol. The highest BCUT2D eigenvalue weighted by molar-refractivity contribution is 9.10. The summed E-state index contributed by atoms with van der Waals surface area (Å²) in [5.41, 5.74) is 0.836. The maximum absolute atomic E-state index is 4.39. The van der Waals surface area contributed by atoms with E-state index in [0.717, 1.165) is 16.5 Å². The second-order valence-corrected chi connectivity index (χ2v) is 4.37. The lowest BCUT2D eigenvalue weighted by atomic mass is 10.3. The van der Waals surface area contributed by atoms with Gasteiger partial charge in [0.15, 0.2) is 5.65 Å². The molecule has 15 heavy (non-hydrogen) atoms. The zero-order chi connectivity index (χ0) is 10.8. The van der Waals surface area contributed by atoms with E-state index >= 15 is 0 Å². The summed E-state index contributed by atoms with van der Waals surface area (Å²) in [5, 5.41) is 7.57. The van der Waals surface area contributed by atoms with E-state index in [-0.39, 0.29) is 0 Å². The summed E-state index contributed by atoms with van der Waals surface area (Å²) in [6.07, 6.45) is 2.94. The van der Waals surface area contributed by atoms with Crippen LogP contribution < -0.4 is 5.32 Å². The topological polar surface area (TPSA) is 42.2 Å². The van der Waals surface area contributed by atoms with Gasteiger partial charge < -0.3 is 5.32 Å². The Bertz CT molecular complexity index is 465. The Balaban J connectivity index is 2.35. The quantitative estimate of drug-likeness (QED) is 0.931. The minimum absolute atomic E-state index is 0.390. The molecule has 0 spiro atoms. The number of hydrogen-bond acceptors (Lipinski definition) is 3. The maximum Gasteiger partial charge on any atom is 0.243 e. The summed E-state index contributed by atoms with van der Waals surface area (Å²) in [5.74, 6) is 0.677. The van der Waals surface area contributed by atoms with Crippen molar-refractivity contribution in [1.29, 1.82) is 0 Å². The molecule has 1 atom stereocenters. The van der Waals surface area contributed by atoms with Crippen LogP contribution in [0.3, 0.4) is 0 Å². The third kappa shape index (κ3) is 2.12. The normalized spacial score (nSPS) is 13.0. The third-order valence-corrected chi connectivity index (χ3v) is 2.92. The summed E-state index contributed by atoms with van der Waals surface area (Å²) in [6.45, 7) is 4.24. The van der Waals surface area contributed by atoms with Gasteiger partial charge in [-0.3, -0.25) is 0 Å². The smallest absolute Gasteiger partial charge is 0.243 e. The first kappa shape index (κ1) is 10.4. The van der Waals surface area contributed by atoms with Crippen molar-refractivity contribution in [3.63, 3.8) is 0 Å². The van der Waals surface area contributed by atoms with Crippen LogP contribution in [0, 0.1) is 0 Å². The molecule has 0 fully saturated rings. The maximum atomic E-state index is 4.39. The number of nitrogens with one attached hydrogen (secondary N) is 1. The van der Waals surface area contributed by atoms with Crippen molar-refractivity contribution in [1.82, 2.24) is 14.6 Å². The molecule has 0 saturated carbocycles. The second-order valence-electron chi connectivity index (χ2n) is 3.51. The van der Waals surface area contributed by atoms with Crippen LogP contribution in [0.25, 0.3) is 5.65 Å². The lowest BCUT2D eigenvalue weighted by Crippen LogP contribution is -2.14. The Morgan fingerprint density at radius 3 is 3.07 bits per heavy atom. The van der Waals surface area contributed by atoms with Crippen LogP contribution in [0.15, 0.2) is 22.8 Å². The van der Waals surface area contributed by atoms with Gasteiger partial charge in [0.25, 0.3) is 0 Å². The number of halogens is 1. The zero-order valence-electron chi connectivity index (χ0n) is 8.74. The lowest BCUT2D eigenvalue weighted by molar-refractivity contribution is 0.751. The average molecular weight is 269 g/mol. The van der Waals surface area contributed by atoms with Gasteiger partial charge in [-0.1, -0.05) is 6.92 Å². The molecule has 0 saturated heterocycles. The minimum Gasteiger partial charge on any atom is -0.350 e.